The topological polar surface area (TPSA) is 68.6 Å². The molecule has 5 rings (SSSR count). The Morgan fingerprint density at radius 3 is 2.66 bits per heavy atom. The first-order valence-corrected chi connectivity index (χ1v) is 10.6. The van der Waals surface area contributed by atoms with Crippen molar-refractivity contribution < 1.29 is 14.3 Å². The normalized spacial score (nSPS) is 19.1. The van der Waals surface area contributed by atoms with E-state index in [0.717, 1.165) is 56.3 Å². The fourth-order valence-electron chi connectivity index (χ4n) is 4.10. The molecule has 1 amide bonds. The van der Waals surface area contributed by atoms with Gasteiger partial charge in [-0.1, -0.05) is 12.1 Å². The molecule has 2 fully saturated rings. The Kier molecular flexibility index (Phi) is 5.24. The van der Waals surface area contributed by atoms with Crippen LogP contribution in [-0.4, -0.2) is 48.6 Å². The summed E-state index contributed by atoms with van der Waals surface area (Å²) in [6.07, 6.45) is 3.38. The average Bonchev–Trinajstić information content (AvgIpc) is 3.53. The molecule has 7 nitrogen and oxygen atoms in total. The maximum atomic E-state index is 12.9. The summed E-state index contributed by atoms with van der Waals surface area (Å²) < 4.78 is 13.1. The third-order valence-corrected chi connectivity index (χ3v) is 6.00. The van der Waals surface area contributed by atoms with Gasteiger partial charge in [-0.25, -0.2) is 0 Å². The number of carbonyl (C=O) groups is 1. The van der Waals surface area contributed by atoms with Gasteiger partial charge in [0, 0.05) is 49.5 Å². The maximum Gasteiger partial charge on any atom is 0.272 e. The number of nitrogens with one attached hydrogen (secondary N) is 1. The zero-order chi connectivity index (χ0) is 19.6. The monoisotopic (exact) mass is 396 g/mol. The van der Waals surface area contributed by atoms with E-state index in [-0.39, 0.29) is 5.91 Å². The molecule has 0 spiro atoms. The van der Waals surface area contributed by atoms with E-state index in [1.165, 1.54) is 24.2 Å². The van der Waals surface area contributed by atoms with Crippen LogP contribution >= 0.6 is 0 Å². The molecule has 1 N–H and O–H groups in total. The summed E-state index contributed by atoms with van der Waals surface area (Å²) in [4.78, 5) is 15.2. The average molecular weight is 396 g/mol. The van der Waals surface area contributed by atoms with Crippen LogP contribution in [0.5, 0.6) is 0 Å². The van der Waals surface area contributed by atoms with E-state index in [1.54, 1.807) is 0 Å². The summed E-state index contributed by atoms with van der Waals surface area (Å²) in [5, 5.41) is 7.71. The van der Waals surface area contributed by atoms with Crippen LogP contribution in [0.1, 0.15) is 40.2 Å². The smallest absolute Gasteiger partial charge is 0.272 e. The van der Waals surface area contributed by atoms with Gasteiger partial charge in [-0.15, -0.1) is 0 Å². The summed E-state index contributed by atoms with van der Waals surface area (Å²) >= 11 is 0. The van der Waals surface area contributed by atoms with E-state index >= 15 is 0 Å². The number of hydrogen-bond donors (Lipinski definition) is 1. The fraction of sp³-hybridized carbons (Fsp3) is 0.545. The Morgan fingerprint density at radius 1 is 1.10 bits per heavy atom. The highest BCUT2D eigenvalue weighted by atomic mass is 16.5. The number of fused-ring (bicyclic) bond motifs is 1. The highest BCUT2D eigenvalue weighted by molar-refractivity contribution is 5.94. The molecule has 29 heavy (non-hydrogen) atoms. The first kappa shape index (κ1) is 18.6. The van der Waals surface area contributed by atoms with Gasteiger partial charge in [0.2, 0.25) is 0 Å². The Labute approximate surface area is 171 Å². The predicted octanol–water partition coefficient (Wildman–Crippen LogP) is 2.13. The SMILES string of the molecule is O=C(NCc1ccc(N2CCOCC2)cc1)c1nn(CC2CC2)c2c1COCC2. The number of morpholine rings is 1. The number of amides is 1. The lowest BCUT2D eigenvalue weighted by atomic mass is 10.1. The van der Waals surface area contributed by atoms with Crippen molar-refractivity contribution in [3.05, 3.63) is 46.8 Å². The van der Waals surface area contributed by atoms with Gasteiger partial charge < -0.3 is 19.7 Å². The van der Waals surface area contributed by atoms with E-state index in [1.807, 2.05) is 0 Å². The number of ether oxygens (including phenoxy) is 2. The molecular weight excluding hydrogens is 368 g/mol. The Balaban J connectivity index is 1.24. The lowest BCUT2D eigenvalue weighted by molar-refractivity contribution is 0.0922. The van der Waals surface area contributed by atoms with Gasteiger partial charge in [0.15, 0.2) is 5.69 Å². The van der Waals surface area contributed by atoms with Crippen molar-refractivity contribution in [2.75, 3.05) is 37.8 Å². The molecule has 1 aromatic carbocycles. The summed E-state index contributed by atoms with van der Waals surface area (Å²) in [5.74, 6) is 0.612. The van der Waals surface area contributed by atoms with E-state index in [2.05, 4.69) is 44.3 Å². The van der Waals surface area contributed by atoms with E-state index < -0.39 is 0 Å². The molecule has 1 saturated heterocycles. The molecule has 3 heterocycles. The van der Waals surface area contributed by atoms with Crippen molar-refractivity contribution in [1.82, 2.24) is 15.1 Å². The molecule has 2 aromatic rings. The molecule has 7 heteroatoms. The van der Waals surface area contributed by atoms with Crippen molar-refractivity contribution in [2.45, 2.75) is 39.0 Å². The van der Waals surface area contributed by atoms with Crippen molar-refractivity contribution in [3.63, 3.8) is 0 Å². The summed E-state index contributed by atoms with van der Waals surface area (Å²) in [6.45, 7) is 6.01. The third-order valence-electron chi connectivity index (χ3n) is 6.00. The zero-order valence-corrected chi connectivity index (χ0v) is 16.7. The van der Waals surface area contributed by atoms with Gasteiger partial charge in [-0.3, -0.25) is 9.48 Å². The molecule has 2 aliphatic heterocycles. The first-order chi connectivity index (χ1) is 14.3. The van der Waals surface area contributed by atoms with Crippen LogP contribution in [0.2, 0.25) is 0 Å². The largest absolute Gasteiger partial charge is 0.378 e. The number of carbonyl (C=O) groups excluding carboxylic acids is 1. The summed E-state index contributed by atoms with van der Waals surface area (Å²) in [5.41, 5.74) is 4.97. The second-order valence-corrected chi connectivity index (χ2v) is 8.15. The van der Waals surface area contributed by atoms with Crippen LogP contribution in [0.3, 0.4) is 0 Å². The van der Waals surface area contributed by atoms with Crippen LogP contribution in [-0.2, 0) is 35.6 Å². The van der Waals surface area contributed by atoms with Gasteiger partial charge in [0.1, 0.15) is 0 Å². The zero-order valence-electron chi connectivity index (χ0n) is 16.7. The highest BCUT2D eigenvalue weighted by Crippen LogP contribution is 2.32. The minimum Gasteiger partial charge on any atom is -0.378 e. The van der Waals surface area contributed by atoms with Gasteiger partial charge in [0.25, 0.3) is 5.91 Å². The van der Waals surface area contributed by atoms with Gasteiger partial charge in [-0.2, -0.15) is 5.10 Å². The lowest BCUT2D eigenvalue weighted by Gasteiger charge is -2.28. The van der Waals surface area contributed by atoms with Crippen LogP contribution in [0.15, 0.2) is 24.3 Å². The van der Waals surface area contributed by atoms with E-state index in [0.29, 0.717) is 25.5 Å². The minimum atomic E-state index is -0.112. The maximum absolute atomic E-state index is 12.9. The molecule has 154 valence electrons. The minimum absolute atomic E-state index is 0.112. The van der Waals surface area contributed by atoms with Crippen LogP contribution < -0.4 is 10.2 Å². The number of aromatic nitrogens is 2. The first-order valence-electron chi connectivity index (χ1n) is 10.6. The second kappa shape index (κ2) is 8.16. The third kappa shape index (κ3) is 4.16. The van der Waals surface area contributed by atoms with Crippen molar-refractivity contribution in [2.24, 2.45) is 5.92 Å². The van der Waals surface area contributed by atoms with Crippen LogP contribution in [0, 0.1) is 5.92 Å². The van der Waals surface area contributed by atoms with E-state index in [9.17, 15) is 4.79 Å². The molecule has 1 saturated carbocycles. The predicted molar refractivity (Wildman–Crippen MR) is 109 cm³/mol. The number of rotatable bonds is 6. The quantitative estimate of drug-likeness (QED) is 0.810. The van der Waals surface area contributed by atoms with E-state index in [4.69, 9.17) is 9.47 Å². The molecule has 0 radical (unpaired) electrons. The Bertz CT molecular complexity index is 867. The lowest BCUT2D eigenvalue weighted by Crippen LogP contribution is -2.36. The molecule has 1 aliphatic carbocycles. The van der Waals surface area contributed by atoms with Crippen molar-refractivity contribution in [1.29, 1.82) is 0 Å². The number of anilines is 1. The molecular formula is C22H28N4O3. The van der Waals surface area contributed by atoms with Crippen molar-refractivity contribution in [3.8, 4) is 0 Å². The van der Waals surface area contributed by atoms with Gasteiger partial charge in [0.05, 0.1) is 26.4 Å². The molecule has 1 aromatic heterocycles. The molecule has 3 aliphatic rings. The standard InChI is InChI=1S/C22H28N4O3/c27-22(21-19-15-29-10-7-20(19)26(24-21)14-17-1-2-17)23-13-16-3-5-18(6-4-16)25-8-11-28-12-9-25/h3-6,17H,1-2,7-15H2,(H,23,27). The Hall–Kier alpha value is -2.38. The number of nitrogens with zero attached hydrogens (tertiary/aromatic N) is 3. The highest BCUT2D eigenvalue weighted by Gasteiger charge is 2.29. The van der Waals surface area contributed by atoms with Crippen LogP contribution in [0.4, 0.5) is 5.69 Å². The van der Waals surface area contributed by atoms with Crippen LogP contribution in [0.25, 0.3) is 0 Å². The second-order valence-electron chi connectivity index (χ2n) is 8.15. The van der Waals surface area contributed by atoms with Crippen molar-refractivity contribution >= 4 is 11.6 Å². The summed E-state index contributed by atoms with van der Waals surface area (Å²) in [7, 11) is 0. The summed E-state index contributed by atoms with van der Waals surface area (Å²) in [6, 6.07) is 8.39. The Morgan fingerprint density at radius 2 is 1.90 bits per heavy atom. The molecule has 0 atom stereocenters. The number of hydrogen-bond acceptors (Lipinski definition) is 5. The van der Waals surface area contributed by atoms with Gasteiger partial charge in [-0.05, 0) is 36.5 Å². The molecule has 0 unspecified atom stereocenters. The van der Waals surface area contributed by atoms with Gasteiger partial charge >= 0.3 is 0 Å². The molecule has 0 bridgehead atoms. The fourth-order valence-corrected chi connectivity index (χ4v) is 4.10. The number of benzene rings is 1.